The van der Waals surface area contributed by atoms with E-state index in [4.69, 9.17) is 39.9 Å². The van der Waals surface area contributed by atoms with Crippen molar-refractivity contribution in [3.63, 3.8) is 0 Å². The Morgan fingerprint density at radius 2 is 1.82 bits per heavy atom. The molecule has 1 aliphatic rings. The Bertz CT molecular complexity index is 1430. The van der Waals surface area contributed by atoms with Crippen molar-refractivity contribution in [1.29, 1.82) is 0 Å². The Morgan fingerprint density at radius 3 is 2.56 bits per heavy atom. The first-order valence-corrected chi connectivity index (χ1v) is 11.4. The van der Waals surface area contributed by atoms with Crippen LogP contribution < -0.4 is 10.6 Å². The van der Waals surface area contributed by atoms with Crippen LogP contribution in [-0.2, 0) is 4.79 Å². The first kappa shape index (κ1) is 22.4. The number of aromatic nitrogens is 4. The van der Waals surface area contributed by atoms with Gasteiger partial charge in [0.25, 0.3) is 5.91 Å². The smallest absolute Gasteiger partial charge is 0.257 e. The molecule has 34 heavy (non-hydrogen) atoms. The molecule has 0 radical (unpaired) electrons. The molecule has 10 heteroatoms. The van der Waals surface area contributed by atoms with Gasteiger partial charge in [-0.25, -0.2) is 9.67 Å². The second-order valence-corrected chi connectivity index (χ2v) is 8.84. The number of halogens is 3. The highest BCUT2D eigenvalue weighted by Crippen LogP contribution is 2.40. The quantitative estimate of drug-likeness (QED) is 0.339. The van der Waals surface area contributed by atoms with Gasteiger partial charge in [0, 0.05) is 33.1 Å². The predicted octanol–water partition coefficient (Wildman–Crippen LogP) is 6.23. The van der Waals surface area contributed by atoms with Gasteiger partial charge in [0.1, 0.15) is 11.9 Å². The van der Waals surface area contributed by atoms with E-state index in [-0.39, 0.29) is 5.91 Å². The molecule has 0 bridgehead atoms. The van der Waals surface area contributed by atoms with Crippen LogP contribution in [0, 0.1) is 0 Å². The van der Waals surface area contributed by atoms with Gasteiger partial charge < -0.3 is 10.6 Å². The molecule has 3 heterocycles. The van der Waals surface area contributed by atoms with Crippen LogP contribution in [0.25, 0.3) is 11.4 Å². The SMILES string of the molecule is CC1=C(C(=O)Nc2ccccn2)C(c2ccc(Cl)cc2Cl)n2nc(-c3ccccc3Cl)nc2N1. The number of carbonyl (C=O) groups excluding carboxylic acids is 1. The average Bonchev–Trinajstić information content (AvgIpc) is 3.22. The van der Waals surface area contributed by atoms with Crippen LogP contribution in [0.5, 0.6) is 0 Å². The van der Waals surface area contributed by atoms with Crippen molar-refractivity contribution in [2.45, 2.75) is 13.0 Å². The minimum Gasteiger partial charge on any atom is -0.328 e. The molecule has 2 aromatic carbocycles. The van der Waals surface area contributed by atoms with Crippen molar-refractivity contribution in [2.24, 2.45) is 0 Å². The molecule has 1 amide bonds. The summed E-state index contributed by atoms with van der Waals surface area (Å²) in [6.07, 6.45) is 1.61. The fraction of sp³-hybridized carbons (Fsp3) is 0.0833. The molecule has 7 nitrogen and oxygen atoms in total. The van der Waals surface area contributed by atoms with E-state index in [2.05, 4.69) is 20.6 Å². The molecule has 5 rings (SSSR count). The van der Waals surface area contributed by atoms with Crippen molar-refractivity contribution in [3.8, 4) is 11.4 Å². The maximum absolute atomic E-state index is 13.5. The monoisotopic (exact) mass is 510 g/mol. The van der Waals surface area contributed by atoms with Gasteiger partial charge >= 0.3 is 0 Å². The maximum Gasteiger partial charge on any atom is 0.257 e. The molecule has 170 valence electrons. The van der Waals surface area contributed by atoms with E-state index >= 15 is 0 Å². The number of hydrogen-bond acceptors (Lipinski definition) is 5. The number of fused-ring (bicyclic) bond motifs is 1. The highest BCUT2D eigenvalue weighted by Gasteiger charge is 2.36. The number of anilines is 2. The third kappa shape index (κ3) is 4.14. The molecule has 0 saturated carbocycles. The summed E-state index contributed by atoms with van der Waals surface area (Å²) in [7, 11) is 0. The van der Waals surface area contributed by atoms with Crippen molar-refractivity contribution >= 4 is 52.5 Å². The summed E-state index contributed by atoms with van der Waals surface area (Å²) >= 11 is 19.1. The molecule has 4 aromatic rings. The van der Waals surface area contributed by atoms with Crippen molar-refractivity contribution in [1.82, 2.24) is 19.7 Å². The van der Waals surface area contributed by atoms with Gasteiger partial charge in [0.05, 0.1) is 10.6 Å². The van der Waals surface area contributed by atoms with E-state index < -0.39 is 6.04 Å². The highest BCUT2D eigenvalue weighted by atomic mass is 35.5. The molecule has 1 aliphatic heterocycles. The molecule has 1 atom stereocenters. The summed E-state index contributed by atoms with van der Waals surface area (Å²) in [5.74, 6) is 0.954. The largest absolute Gasteiger partial charge is 0.328 e. The van der Waals surface area contributed by atoms with E-state index in [0.29, 0.717) is 55.1 Å². The number of nitrogens with one attached hydrogen (secondary N) is 2. The summed E-state index contributed by atoms with van der Waals surface area (Å²) in [6.45, 7) is 1.80. The standard InChI is InChI=1S/C24H17Cl3N6O/c1-13-20(23(34)30-19-8-4-5-11-28-19)21(15-10-9-14(25)12-18(15)27)33-24(29-13)31-22(32-33)16-6-2-3-7-17(16)26/h2-12,21H,1H3,(H,28,30,34)(H,29,31,32). The Balaban J connectivity index is 1.65. The van der Waals surface area contributed by atoms with Gasteiger partial charge in [-0.15, -0.1) is 5.10 Å². The van der Waals surface area contributed by atoms with Crippen LogP contribution in [0.4, 0.5) is 11.8 Å². The Morgan fingerprint density at radius 1 is 1.03 bits per heavy atom. The van der Waals surface area contributed by atoms with E-state index in [1.807, 2.05) is 18.2 Å². The van der Waals surface area contributed by atoms with Crippen LogP contribution >= 0.6 is 34.8 Å². The van der Waals surface area contributed by atoms with E-state index in [0.717, 1.165) is 0 Å². The Hall–Kier alpha value is -3.39. The summed E-state index contributed by atoms with van der Waals surface area (Å²) < 4.78 is 1.63. The lowest BCUT2D eigenvalue weighted by Gasteiger charge is -2.29. The zero-order valence-electron chi connectivity index (χ0n) is 17.8. The lowest BCUT2D eigenvalue weighted by Crippen LogP contribution is -2.31. The van der Waals surface area contributed by atoms with Crippen molar-refractivity contribution < 1.29 is 4.79 Å². The van der Waals surface area contributed by atoms with Gasteiger partial charge in [-0.2, -0.15) is 4.98 Å². The second-order valence-electron chi connectivity index (χ2n) is 7.58. The third-order valence-corrected chi connectivity index (χ3v) is 6.27. The number of nitrogens with zero attached hydrogens (tertiary/aromatic N) is 4. The number of allylic oxidation sites excluding steroid dienone is 1. The molecule has 2 N–H and O–H groups in total. The minimum atomic E-state index is -0.673. The van der Waals surface area contributed by atoms with Gasteiger partial charge in [-0.3, -0.25) is 4.79 Å². The van der Waals surface area contributed by atoms with E-state index in [9.17, 15) is 4.79 Å². The lowest BCUT2D eigenvalue weighted by molar-refractivity contribution is -0.113. The Kier molecular flexibility index (Phi) is 6.00. The number of carbonyl (C=O) groups is 1. The Labute approximate surface area is 210 Å². The summed E-state index contributed by atoms with van der Waals surface area (Å²) in [5, 5.41) is 12.2. The van der Waals surface area contributed by atoms with Crippen LogP contribution in [0.15, 0.2) is 78.1 Å². The number of amides is 1. The van der Waals surface area contributed by atoms with Gasteiger partial charge in [-0.05, 0) is 43.3 Å². The van der Waals surface area contributed by atoms with Crippen molar-refractivity contribution in [2.75, 3.05) is 10.6 Å². The zero-order chi connectivity index (χ0) is 23.8. The van der Waals surface area contributed by atoms with E-state index in [1.165, 1.54) is 0 Å². The highest BCUT2D eigenvalue weighted by molar-refractivity contribution is 6.35. The molecule has 0 fully saturated rings. The van der Waals surface area contributed by atoms with Gasteiger partial charge in [0.2, 0.25) is 5.95 Å². The van der Waals surface area contributed by atoms with Crippen LogP contribution in [0.2, 0.25) is 15.1 Å². The fourth-order valence-electron chi connectivity index (χ4n) is 3.83. The number of benzene rings is 2. The molecule has 0 aliphatic carbocycles. The van der Waals surface area contributed by atoms with Crippen LogP contribution in [0.3, 0.4) is 0 Å². The van der Waals surface area contributed by atoms with Gasteiger partial charge in [0.15, 0.2) is 5.82 Å². The normalized spacial score (nSPS) is 15.0. The van der Waals surface area contributed by atoms with Crippen LogP contribution in [0.1, 0.15) is 18.5 Å². The van der Waals surface area contributed by atoms with Crippen LogP contribution in [-0.4, -0.2) is 25.7 Å². The average molecular weight is 512 g/mol. The van der Waals surface area contributed by atoms with Crippen molar-refractivity contribution in [3.05, 3.63) is 98.8 Å². The maximum atomic E-state index is 13.5. The molecule has 1 unspecified atom stereocenters. The molecular formula is C24H17Cl3N6O. The summed E-state index contributed by atoms with van der Waals surface area (Å²) in [6, 6.07) is 17.0. The first-order chi connectivity index (χ1) is 16.4. The van der Waals surface area contributed by atoms with E-state index in [1.54, 1.807) is 60.3 Å². The number of rotatable bonds is 4. The third-order valence-electron chi connectivity index (χ3n) is 5.38. The summed E-state index contributed by atoms with van der Waals surface area (Å²) in [5.41, 5.74) is 2.34. The molecular weight excluding hydrogens is 495 g/mol. The molecule has 0 spiro atoms. The zero-order valence-corrected chi connectivity index (χ0v) is 20.0. The number of hydrogen-bond donors (Lipinski definition) is 2. The summed E-state index contributed by atoms with van der Waals surface area (Å²) in [4.78, 5) is 22.3. The molecule has 0 saturated heterocycles. The fourth-order valence-corrected chi connectivity index (χ4v) is 4.57. The predicted molar refractivity (Wildman–Crippen MR) is 134 cm³/mol. The molecule has 2 aromatic heterocycles. The lowest BCUT2D eigenvalue weighted by atomic mass is 9.95. The number of pyridine rings is 1. The van der Waals surface area contributed by atoms with Gasteiger partial charge in [-0.1, -0.05) is 59.1 Å². The second kappa shape index (κ2) is 9.10. The topological polar surface area (TPSA) is 84.7 Å². The minimum absolute atomic E-state index is 0.347. The first-order valence-electron chi connectivity index (χ1n) is 10.3.